The number of aliphatic carboxylic acids is 2. The summed E-state index contributed by atoms with van der Waals surface area (Å²) < 4.78 is 42.4. The van der Waals surface area contributed by atoms with Gasteiger partial charge in [0.1, 0.15) is 5.75 Å². The maximum Gasteiger partial charge on any atom is 0.416 e. The van der Waals surface area contributed by atoms with Crippen LogP contribution < -0.4 is 10.1 Å². The van der Waals surface area contributed by atoms with E-state index in [1.54, 1.807) is 7.11 Å². The largest absolute Gasteiger partial charge is 0.497 e. The molecule has 27 heavy (non-hydrogen) atoms. The minimum atomic E-state index is -4.28. The number of carboxylic acids is 2. The van der Waals surface area contributed by atoms with Crippen LogP contribution in [0.1, 0.15) is 16.7 Å². The van der Waals surface area contributed by atoms with E-state index in [0.717, 1.165) is 29.0 Å². The number of ether oxygens (including phenoxy) is 1. The highest BCUT2D eigenvalue weighted by Crippen LogP contribution is 2.29. The number of hydrogen-bond acceptors (Lipinski definition) is 4. The topological polar surface area (TPSA) is 95.9 Å². The number of rotatable bonds is 5. The van der Waals surface area contributed by atoms with Crippen molar-refractivity contribution >= 4 is 11.9 Å². The second-order valence-electron chi connectivity index (χ2n) is 5.26. The lowest BCUT2D eigenvalue weighted by atomic mass is 10.1. The van der Waals surface area contributed by atoms with E-state index in [4.69, 9.17) is 24.5 Å². The molecule has 0 aliphatic carbocycles. The molecule has 0 amide bonds. The Morgan fingerprint density at radius 2 is 1.30 bits per heavy atom. The lowest BCUT2D eigenvalue weighted by Gasteiger charge is -2.09. The number of alkyl halides is 3. The van der Waals surface area contributed by atoms with Crippen LogP contribution in [0, 0.1) is 0 Å². The second-order valence-corrected chi connectivity index (χ2v) is 5.26. The maximum absolute atomic E-state index is 12.4. The Morgan fingerprint density at radius 3 is 1.63 bits per heavy atom. The standard InChI is InChI=1S/C16H16F3NO.C2H2O4/c1-21-15-8-4-13(5-9-15)11-20-10-12-2-6-14(7-3-12)16(17,18)19;3-1(4)2(5)6/h2-9,20H,10-11H2,1H3;(H,3,4)(H,5,6). The van der Waals surface area contributed by atoms with Crippen molar-refractivity contribution in [2.45, 2.75) is 19.3 Å². The Morgan fingerprint density at radius 1 is 0.889 bits per heavy atom. The van der Waals surface area contributed by atoms with Crippen molar-refractivity contribution in [3.63, 3.8) is 0 Å². The van der Waals surface area contributed by atoms with Gasteiger partial charge in [-0.15, -0.1) is 0 Å². The zero-order valence-electron chi connectivity index (χ0n) is 14.3. The average Bonchev–Trinajstić information content (AvgIpc) is 2.62. The summed E-state index contributed by atoms with van der Waals surface area (Å²) in [4.78, 5) is 18.2. The molecular weight excluding hydrogens is 367 g/mol. The molecule has 2 aromatic carbocycles. The molecule has 0 aliphatic rings. The van der Waals surface area contributed by atoms with E-state index in [2.05, 4.69) is 5.32 Å². The van der Waals surface area contributed by atoms with Gasteiger partial charge in [0, 0.05) is 13.1 Å². The van der Waals surface area contributed by atoms with Gasteiger partial charge >= 0.3 is 18.1 Å². The quantitative estimate of drug-likeness (QED) is 0.685. The summed E-state index contributed by atoms with van der Waals surface area (Å²) in [7, 11) is 1.61. The number of nitrogens with one attached hydrogen (secondary N) is 1. The number of carbonyl (C=O) groups is 2. The van der Waals surface area contributed by atoms with E-state index < -0.39 is 23.7 Å². The number of methoxy groups -OCH3 is 1. The molecule has 3 N–H and O–H groups in total. The Bertz CT molecular complexity index is 731. The fourth-order valence-electron chi connectivity index (χ4n) is 1.91. The first kappa shape index (κ1) is 22.0. The van der Waals surface area contributed by atoms with Crippen molar-refractivity contribution in [2.75, 3.05) is 7.11 Å². The number of carboxylic acid groups (broad SMARTS) is 2. The van der Waals surface area contributed by atoms with Crippen LogP contribution in [0.4, 0.5) is 13.2 Å². The zero-order chi connectivity index (χ0) is 20.4. The van der Waals surface area contributed by atoms with Gasteiger partial charge in [-0.05, 0) is 35.4 Å². The Kier molecular flexibility index (Phi) is 8.28. The molecule has 0 unspecified atom stereocenters. The van der Waals surface area contributed by atoms with E-state index in [9.17, 15) is 13.2 Å². The number of halogens is 3. The summed E-state index contributed by atoms with van der Waals surface area (Å²) >= 11 is 0. The van der Waals surface area contributed by atoms with Crippen molar-refractivity contribution in [2.24, 2.45) is 0 Å². The Balaban J connectivity index is 0.000000527. The van der Waals surface area contributed by atoms with Crippen LogP contribution in [-0.4, -0.2) is 29.3 Å². The molecule has 0 saturated heterocycles. The van der Waals surface area contributed by atoms with Crippen molar-refractivity contribution in [3.8, 4) is 5.75 Å². The zero-order valence-corrected chi connectivity index (χ0v) is 14.3. The van der Waals surface area contributed by atoms with Gasteiger partial charge < -0.3 is 20.3 Å². The van der Waals surface area contributed by atoms with E-state index in [0.29, 0.717) is 13.1 Å². The van der Waals surface area contributed by atoms with Gasteiger partial charge in [0.2, 0.25) is 0 Å². The number of hydrogen-bond donors (Lipinski definition) is 3. The first-order chi connectivity index (χ1) is 12.6. The highest BCUT2D eigenvalue weighted by atomic mass is 19.4. The fraction of sp³-hybridized carbons (Fsp3) is 0.222. The normalized spacial score (nSPS) is 10.5. The molecule has 2 aromatic rings. The van der Waals surface area contributed by atoms with Crippen molar-refractivity contribution in [1.29, 1.82) is 0 Å². The highest BCUT2D eigenvalue weighted by molar-refractivity contribution is 6.27. The van der Waals surface area contributed by atoms with Gasteiger partial charge in [-0.1, -0.05) is 24.3 Å². The third kappa shape index (κ3) is 8.23. The van der Waals surface area contributed by atoms with Gasteiger partial charge in [0.25, 0.3) is 0 Å². The van der Waals surface area contributed by atoms with E-state index in [1.165, 1.54) is 12.1 Å². The molecule has 0 saturated carbocycles. The summed E-state index contributed by atoms with van der Waals surface area (Å²) in [5, 5.41) is 18.0. The SMILES string of the molecule is COc1ccc(CNCc2ccc(C(F)(F)F)cc2)cc1.O=C(O)C(=O)O. The van der Waals surface area contributed by atoms with Gasteiger partial charge in [0.15, 0.2) is 0 Å². The van der Waals surface area contributed by atoms with Gasteiger partial charge in [-0.25, -0.2) is 9.59 Å². The molecule has 0 heterocycles. The van der Waals surface area contributed by atoms with E-state index in [1.807, 2.05) is 24.3 Å². The van der Waals surface area contributed by atoms with Crippen LogP contribution in [0.2, 0.25) is 0 Å². The summed E-state index contributed by atoms with van der Waals surface area (Å²) in [6.07, 6.45) is -4.28. The van der Waals surface area contributed by atoms with Gasteiger partial charge in [-0.2, -0.15) is 13.2 Å². The van der Waals surface area contributed by atoms with Crippen LogP contribution in [0.15, 0.2) is 48.5 Å². The first-order valence-corrected chi connectivity index (χ1v) is 7.59. The summed E-state index contributed by atoms with van der Waals surface area (Å²) in [6, 6.07) is 12.8. The van der Waals surface area contributed by atoms with Crippen LogP contribution >= 0.6 is 0 Å². The molecule has 0 spiro atoms. The molecule has 0 atom stereocenters. The molecule has 146 valence electrons. The van der Waals surface area contributed by atoms with Crippen LogP contribution in [0.5, 0.6) is 5.75 Å². The smallest absolute Gasteiger partial charge is 0.416 e. The molecule has 2 rings (SSSR count). The van der Waals surface area contributed by atoms with Gasteiger partial charge in [-0.3, -0.25) is 0 Å². The highest BCUT2D eigenvalue weighted by Gasteiger charge is 2.29. The first-order valence-electron chi connectivity index (χ1n) is 7.59. The maximum atomic E-state index is 12.4. The summed E-state index contributed by atoms with van der Waals surface area (Å²) in [5.74, 6) is -2.86. The molecular formula is C18H18F3NO5. The lowest BCUT2D eigenvalue weighted by molar-refractivity contribution is -0.159. The van der Waals surface area contributed by atoms with E-state index >= 15 is 0 Å². The minimum absolute atomic E-state index is 0.518. The Labute approximate surface area is 153 Å². The molecule has 6 nitrogen and oxygen atoms in total. The monoisotopic (exact) mass is 385 g/mol. The lowest BCUT2D eigenvalue weighted by Crippen LogP contribution is -2.13. The average molecular weight is 385 g/mol. The molecule has 0 bridgehead atoms. The molecule has 0 fully saturated rings. The summed E-state index contributed by atoms with van der Waals surface area (Å²) in [6.45, 7) is 1.16. The predicted molar refractivity (Wildman–Crippen MR) is 90.3 cm³/mol. The van der Waals surface area contributed by atoms with E-state index in [-0.39, 0.29) is 0 Å². The Hall–Kier alpha value is -3.07. The molecule has 0 radical (unpaired) electrons. The van der Waals surface area contributed by atoms with Crippen LogP contribution in [0.3, 0.4) is 0 Å². The fourth-order valence-corrected chi connectivity index (χ4v) is 1.91. The predicted octanol–water partition coefficient (Wildman–Crippen LogP) is 3.16. The van der Waals surface area contributed by atoms with Crippen molar-refractivity contribution in [1.82, 2.24) is 5.32 Å². The third-order valence-electron chi connectivity index (χ3n) is 3.28. The number of benzene rings is 2. The minimum Gasteiger partial charge on any atom is -0.497 e. The summed E-state index contributed by atoms with van der Waals surface area (Å²) in [5.41, 5.74) is 1.28. The van der Waals surface area contributed by atoms with Crippen molar-refractivity contribution < 1.29 is 37.7 Å². The van der Waals surface area contributed by atoms with Crippen LogP contribution in [-0.2, 0) is 28.9 Å². The molecule has 0 aromatic heterocycles. The van der Waals surface area contributed by atoms with Crippen molar-refractivity contribution in [3.05, 3.63) is 65.2 Å². The van der Waals surface area contributed by atoms with Crippen LogP contribution in [0.25, 0.3) is 0 Å². The third-order valence-corrected chi connectivity index (χ3v) is 3.28. The van der Waals surface area contributed by atoms with Gasteiger partial charge in [0.05, 0.1) is 12.7 Å². The second kappa shape index (κ2) is 10.2. The molecule has 9 heteroatoms. The molecule has 0 aliphatic heterocycles.